The summed E-state index contributed by atoms with van der Waals surface area (Å²) in [5.41, 5.74) is 5.56. The second kappa shape index (κ2) is 14.6. The maximum Gasteiger partial charge on any atom is 0.418 e. The molecular formula is C34H44BrF3N6O3S. The van der Waals surface area contributed by atoms with Crippen LogP contribution in [0.3, 0.4) is 0 Å². The van der Waals surface area contributed by atoms with Crippen molar-refractivity contribution in [3.63, 3.8) is 0 Å². The van der Waals surface area contributed by atoms with E-state index in [9.17, 15) is 27.6 Å². The van der Waals surface area contributed by atoms with Gasteiger partial charge in [0.2, 0.25) is 11.8 Å². The van der Waals surface area contributed by atoms with E-state index in [4.69, 9.17) is 5.73 Å². The van der Waals surface area contributed by atoms with Gasteiger partial charge in [0, 0.05) is 48.0 Å². The zero-order chi connectivity index (χ0) is 34.2. The Morgan fingerprint density at radius 3 is 2.27 bits per heavy atom. The predicted molar refractivity (Wildman–Crippen MR) is 183 cm³/mol. The summed E-state index contributed by atoms with van der Waals surface area (Å²) in [5.74, 6) is 0.0207. The van der Waals surface area contributed by atoms with E-state index in [1.165, 1.54) is 6.07 Å². The first-order valence-corrected chi connectivity index (χ1v) is 18.6. The van der Waals surface area contributed by atoms with Crippen molar-refractivity contribution in [3.8, 4) is 0 Å². The third kappa shape index (κ3) is 7.80. The number of anilines is 2. The van der Waals surface area contributed by atoms with Crippen molar-refractivity contribution < 1.29 is 27.6 Å². The first kappa shape index (κ1) is 35.0. The predicted octanol–water partition coefficient (Wildman–Crippen LogP) is 6.28. The molecule has 0 aliphatic carbocycles. The Labute approximate surface area is 292 Å². The summed E-state index contributed by atoms with van der Waals surface area (Å²) in [4.78, 5) is 49.5. The molecule has 9 nitrogen and oxygen atoms in total. The van der Waals surface area contributed by atoms with Gasteiger partial charge in [-0.15, -0.1) is 11.3 Å². The van der Waals surface area contributed by atoms with Crippen molar-refractivity contribution in [2.45, 2.75) is 70.1 Å². The molecule has 6 rings (SSSR count). The number of urea groups is 1. The van der Waals surface area contributed by atoms with Crippen molar-refractivity contribution in [3.05, 3.63) is 44.1 Å². The Kier molecular flexibility index (Phi) is 10.6. The van der Waals surface area contributed by atoms with Gasteiger partial charge in [0.1, 0.15) is 0 Å². The lowest BCUT2D eigenvalue weighted by Crippen LogP contribution is -2.51. The maximum atomic E-state index is 14.1. The molecule has 2 aromatic rings. The van der Waals surface area contributed by atoms with Gasteiger partial charge in [-0.3, -0.25) is 9.59 Å². The summed E-state index contributed by atoms with van der Waals surface area (Å²) in [6.45, 7) is 4.79. The van der Waals surface area contributed by atoms with Crippen molar-refractivity contribution in [1.82, 2.24) is 19.6 Å². The number of alkyl halides is 3. The first-order valence-electron chi connectivity index (χ1n) is 16.9. The molecule has 1 aromatic heterocycles. The molecule has 262 valence electrons. The van der Waals surface area contributed by atoms with Crippen LogP contribution in [0.2, 0.25) is 0 Å². The standard InChI is InChI=1S/C34H44BrF3N6O3S/c1-41-9-2-22(3-10-41)23-4-11-43(12-5-23)32(46)24(16-21-17-26(34(36,37)38)31(39)27(35)18-21)19-30(45)42-13-6-25(7-14-42)44-20-29-28(8-15-48-29)40-33(44)47/h8,15,17-18,22-25H,2-7,9-14,16,19-20,39H2,1H3,(H,40,47)/t24-/m0/s1. The summed E-state index contributed by atoms with van der Waals surface area (Å²) in [7, 11) is 2.14. The number of likely N-dealkylation sites (tertiary alicyclic amines) is 3. The van der Waals surface area contributed by atoms with E-state index in [1.807, 2.05) is 21.2 Å². The fourth-order valence-electron chi connectivity index (χ4n) is 7.96. The number of carbonyl (C=O) groups is 3. The molecule has 4 aliphatic rings. The van der Waals surface area contributed by atoms with Gasteiger partial charge in [0.05, 0.1) is 29.4 Å². The number of fused-ring (bicyclic) bond motifs is 1. The average Bonchev–Trinajstić information content (AvgIpc) is 3.52. The number of hydrogen-bond donors (Lipinski definition) is 2. The van der Waals surface area contributed by atoms with E-state index < -0.39 is 23.3 Å². The van der Waals surface area contributed by atoms with Crippen LogP contribution in [0, 0.1) is 17.8 Å². The molecule has 5 heterocycles. The van der Waals surface area contributed by atoms with Crippen LogP contribution in [-0.4, -0.2) is 89.8 Å². The van der Waals surface area contributed by atoms with Crippen molar-refractivity contribution in [2.24, 2.45) is 17.8 Å². The number of nitrogens with one attached hydrogen (secondary N) is 1. The Balaban J connectivity index is 1.13. The van der Waals surface area contributed by atoms with E-state index in [-0.39, 0.29) is 41.2 Å². The molecule has 48 heavy (non-hydrogen) atoms. The highest BCUT2D eigenvalue weighted by atomic mass is 79.9. The molecule has 3 fully saturated rings. The minimum absolute atomic E-state index is 0.00498. The Morgan fingerprint density at radius 1 is 1.00 bits per heavy atom. The number of thiophene rings is 1. The molecule has 4 aliphatic heterocycles. The van der Waals surface area contributed by atoms with Crippen LogP contribution in [0.4, 0.5) is 29.3 Å². The van der Waals surface area contributed by atoms with Gasteiger partial charge in [0.25, 0.3) is 0 Å². The van der Waals surface area contributed by atoms with Crippen LogP contribution in [0.5, 0.6) is 0 Å². The van der Waals surface area contributed by atoms with Gasteiger partial charge in [-0.2, -0.15) is 13.2 Å². The van der Waals surface area contributed by atoms with Crippen LogP contribution < -0.4 is 11.1 Å². The van der Waals surface area contributed by atoms with Gasteiger partial charge >= 0.3 is 12.2 Å². The molecule has 14 heteroatoms. The lowest BCUT2D eigenvalue weighted by molar-refractivity contribution is -0.143. The molecule has 0 unspecified atom stereocenters. The molecule has 4 amide bonds. The highest BCUT2D eigenvalue weighted by Gasteiger charge is 2.38. The van der Waals surface area contributed by atoms with Gasteiger partial charge in [-0.25, -0.2) is 4.79 Å². The highest BCUT2D eigenvalue weighted by molar-refractivity contribution is 9.10. The SMILES string of the molecule is CN1CCC(C2CCN(C(=O)[C@H](CC(=O)N3CCC(N4Cc5sccc5NC4=O)CC3)Cc3cc(Br)c(N)c(C(F)(F)F)c3)CC2)CC1. The quantitative estimate of drug-likeness (QED) is 0.325. The number of nitrogen functional groups attached to an aromatic ring is 1. The van der Waals surface area contributed by atoms with Gasteiger partial charge < -0.3 is 30.7 Å². The third-order valence-electron chi connectivity index (χ3n) is 10.8. The number of benzene rings is 1. The molecule has 0 saturated carbocycles. The Bertz CT molecular complexity index is 1500. The molecule has 3 N–H and O–H groups in total. The molecule has 0 bridgehead atoms. The Morgan fingerprint density at radius 2 is 1.62 bits per heavy atom. The molecule has 0 radical (unpaired) electrons. The largest absolute Gasteiger partial charge is 0.418 e. The Hall–Kier alpha value is -2.84. The number of rotatable bonds is 7. The topological polar surface area (TPSA) is 102 Å². The van der Waals surface area contributed by atoms with E-state index in [0.29, 0.717) is 63.0 Å². The van der Waals surface area contributed by atoms with Crippen LogP contribution in [0.15, 0.2) is 28.1 Å². The minimum atomic E-state index is -4.66. The fourth-order valence-corrected chi connectivity index (χ4v) is 9.29. The minimum Gasteiger partial charge on any atom is -0.397 e. The summed E-state index contributed by atoms with van der Waals surface area (Å²) in [6, 6.07) is 4.28. The zero-order valence-electron chi connectivity index (χ0n) is 27.2. The summed E-state index contributed by atoms with van der Waals surface area (Å²) in [5, 5.41) is 4.91. The van der Waals surface area contributed by atoms with E-state index >= 15 is 0 Å². The third-order valence-corrected chi connectivity index (χ3v) is 12.4. The average molecular weight is 754 g/mol. The number of amides is 4. The smallest absolute Gasteiger partial charge is 0.397 e. The van der Waals surface area contributed by atoms with Gasteiger partial charge in [-0.05, 0) is 122 Å². The summed E-state index contributed by atoms with van der Waals surface area (Å²) >= 11 is 4.78. The first-order chi connectivity index (χ1) is 22.9. The maximum absolute atomic E-state index is 14.1. The number of halogens is 4. The van der Waals surface area contributed by atoms with E-state index in [0.717, 1.165) is 55.4 Å². The normalized spacial score (nSPS) is 21.3. The van der Waals surface area contributed by atoms with Crippen LogP contribution in [0.25, 0.3) is 0 Å². The van der Waals surface area contributed by atoms with Crippen LogP contribution in [0.1, 0.15) is 60.9 Å². The fraction of sp³-hybridized carbons (Fsp3) is 0.618. The second-order valence-corrected chi connectivity index (χ2v) is 15.7. The van der Waals surface area contributed by atoms with Crippen LogP contribution in [-0.2, 0) is 28.7 Å². The summed E-state index contributed by atoms with van der Waals surface area (Å²) in [6.07, 6.45) is 0.593. The molecule has 0 spiro atoms. The van der Waals surface area contributed by atoms with Crippen molar-refractivity contribution >= 4 is 56.5 Å². The molecular weight excluding hydrogens is 709 g/mol. The monoisotopic (exact) mass is 752 g/mol. The van der Waals surface area contributed by atoms with E-state index in [1.54, 1.807) is 16.2 Å². The second-order valence-electron chi connectivity index (χ2n) is 13.9. The number of hydrogen-bond acceptors (Lipinski definition) is 6. The molecule has 1 aromatic carbocycles. The number of piperidine rings is 3. The number of nitrogens with two attached hydrogens (primary N) is 1. The van der Waals surface area contributed by atoms with Crippen molar-refractivity contribution in [2.75, 3.05) is 57.4 Å². The number of carbonyl (C=O) groups excluding carboxylic acids is 3. The molecule has 1 atom stereocenters. The number of nitrogens with zero attached hydrogens (tertiary/aromatic N) is 4. The molecule has 3 saturated heterocycles. The lowest BCUT2D eigenvalue weighted by Gasteiger charge is -2.41. The summed E-state index contributed by atoms with van der Waals surface area (Å²) < 4.78 is 41.6. The van der Waals surface area contributed by atoms with Crippen molar-refractivity contribution in [1.29, 1.82) is 0 Å². The van der Waals surface area contributed by atoms with Gasteiger partial charge in [-0.1, -0.05) is 0 Å². The van der Waals surface area contributed by atoms with Gasteiger partial charge in [0.15, 0.2) is 0 Å². The van der Waals surface area contributed by atoms with Crippen LogP contribution >= 0.6 is 27.3 Å². The zero-order valence-corrected chi connectivity index (χ0v) is 29.6. The highest BCUT2D eigenvalue weighted by Crippen LogP contribution is 2.39. The lowest BCUT2D eigenvalue weighted by atomic mass is 9.78. The van der Waals surface area contributed by atoms with E-state index in [2.05, 4.69) is 33.2 Å².